The molecule has 3 aromatic heterocycles. The first-order valence-corrected chi connectivity index (χ1v) is 12.2. The molecule has 1 aliphatic heterocycles. The topological polar surface area (TPSA) is 102 Å². The zero-order chi connectivity index (χ0) is 22.1. The summed E-state index contributed by atoms with van der Waals surface area (Å²) >= 11 is 2.72. The van der Waals surface area contributed by atoms with Gasteiger partial charge in [0.2, 0.25) is 5.91 Å². The second kappa shape index (κ2) is 8.83. The molecule has 1 amide bonds. The van der Waals surface area contributed by atoms with Crippen LogP contribution in [0.3, 0.4) is 0 Å². The summed E-state index contributed by atoms with van der Waals surface area (Å²) in [5.41, 5.74) is 0.941. The molecule has 0 radical (unpaired) electrons. The van der Waals surface area contributed by atoms with Crippen molar-refractivity contribution in [1.29, 1.82) is 0 Å². The van der Waals surface area contributed by atoms with Crippen molar-refractivity contribution in [3.8, 4) is 5.75 Å². The molecule has 0 atom stereocenters. The van der Waals surface area contributed by atoms with Gasteiger partial charge >= 0.3 is 0 Å². The molecule has 4 aromatic rings. The summed E-state index contributed by atoms with van der Waals surface area (Å²) in [6, 6.07) is 5.64. The molecule has 0 unspecified atom stereocenters. The van der Waals surface area contributed by atoms with E-state index in [4.69, 9.17) is 4.74 Å². The lowest BCUT2D eigenvalue weighted by atomic mass is 10.1. The molecule has 166 valence electrons. The molecule has 1 aliphatic rings. The number of piperidine rings is 1. The highest BCUT2D eigenvalue weighted by Crippen LogP contribution is 2.29. The number of nitrogens with one attached hydrogen (secondary N) is 1. The van der Waals surface area contributed by atoms with E-state index in [2.05, 4.69) is 25.2 Å². The average molecular weight is 471 g/mol. The van der Waals surface area contributed by atoms with Gasteiger partial charge in [-0.2, -0.15) is 4.98 Å². The Balaban J connectivity index is 1.32. The van der Waals surface area contributed by atoms with E-state index in [1.165, 1.54) is 40.0 Å². The third-order valence-corrected chi connectivity index (χ3v) is 7.27. The molecule has 4 heterocycles. The fourth-order valence-corrected chi connectivity index (χ4v) is 5.58. The first-order valence-electron chi connectivity index (χ1n) is 10.5. The number of benzene rings is 1. The Morgan fingerprint density at radius 3 is 2.84 bits per heavy atom. The Hall–Kier alpha value is -3.05. The molecule has 1 aromatic carbocycles. The molecule has 1 N–H and O–H groups in total. The summed E-state index contributed by atoms with van der Waals surface area (Å²) in [5, 5.41) is 4.09. The maximum atomic E-state index is 12.9. The minimum Gasteiger partial charge on any atom is -0.494 e. The summed E-state index contributed by atoms with van der Waals surface area (Å²) in [7, 11) is 0. The summed E-state index contributed by atoms with van der Waals surface area (Å²) in [6.07, 6.45) is 4.87. The monoisotopic (exact) mass is 470 g/mol. The lowest BCUT2D eigenvalue weighted by molar-refractivity contribution is -0.116. The third-order valence-electron chi connectivity index (χ3n) is 5.23. The molecule has 0 saturated carbocycles. The predicted octanol–water partition coefficient (Wildman–Crippen LogP) is 3.49. The zero-order valence-electron chi connectivity index (χ0n) is 17.5. The van der Waals surface area contributed by atoms with Gasteiger partial charge in [0.25, 0.3) is 5.56 Å². The minimum atomic E-state index is -0.335. The van der Waals surface area contributed by atoms with E-state index in [0.717, 1.165) is 47.0 Å². The number of carbonyl (C=O) groups is 1. The standard InChI is InChI=1S/C21H22N6O3S2/c1-2-30-13-6-7-15-14(10-13)23-20(31-15)24-16(28)11-27-12-22-18-17(19(27)29)32-21(25-18)26-8-4-3-5-9-26/h6-7,10,12H,2-5,8-9,11H2,1H3,(H,23,24,28). The summed E-state index contributed by atoms with van der Waals surface area (Å²) in [4.78, 5) is 41.0. The SMILES string of the molecule is CCOc1ccc2sc(NC(=O)Cn3cnc4nc(N5CCCCC5)sc4c3=O)nc2c1. The van der Waals surface area contributed by atoms with Crippen LogP contribution in [0.2, 0.25) is 0 Å². The van der Waals surface area contributed by atoms with E-state index in [0.29, 0.717) is 22.1 Å². The van der Waals surface area contributed by atoms with E-state index in [-0.39, 0.29) is 18.0 Å². The predicted molar refractivity (Wildman–Crippen MR) is 127 cm³/mol. The minimum absolute atomic E-state index is 0.140. The lowest BCUT2D eigenvalue weighted by Gasteiger charge is -2.25. The molecule has 9 nitrogen and oxygen atoms in total. The number of hydrogen-bond donors (Lipinski definition) is 1. The van der Waals surface area contributed by atoms with E-state index >= 15 is 0 Å². The Kier molecular flexibility index (Phi) is 5.75. The van der Waals surface area contributed by atoms with Crippen LogP contribution in [-0.2, 0) is 11.3 Å². The first kappa shape index (κ1) is 20.8. The van der Waals surface area contributed by atoms with Gasteiger partial charge < -0.3 is 15.0 Å². The van der Waals surface area contributed by atoms with Gasteiger partial charge in [0.05, 0.1) is 16.8 Å². The smallest absolute Gasteiger partial charge is 0.273 e. The van der Waals surface area contributed by atoms with Crippen molar-refractivity contribution in [2.45, 2.75) is 32.7 Å². The van der Waals surface area contributed by atoms with Gasteiger partial charge in [-0.25, -0.2) is 9.97 Å². The molecular weight excluding hydrogens is 448 g/mol. The normalized spacial score (nSPS) is 14.2. The molecule has 0 spiro atoms. The van der Waals surface area contributed by atoms with Crippen molar-refractivity contribution in [1.82, 2.24) is 19.5 Å². The average Bonchev–Trinajstić information content (AvgIpc) is 3.40. The van der Waals surface area contributed by atoms with Gasteiger partial charge in [-0.05, 0) is 38.3 Å². The maximum Gasteiger partial charge on any atom is 0.273 e. The zero-order valence-corrected chi connectivity index (χ0v) is 19.2. The van der Waals surface area contributed by atoms with E-state index in [1.807, 2.05) is 25.1 Å². The number of hydrogen-bond acceptors (Lipinski definition) is 9. The van der Waals surface area contributed by atoms with Gasteiger partial charge in [0, 0.05) is 19.2 Å². The quantitative estimate of drug-likeness (QED) is 0.460. The highest BCUT2D eigenvalue weighted by Gasteiger charge is 2.18. The van der Waals surface area contributed by atoms with Crippen molar-refractivity contribution in [3.05, 3.63) is 34.9 Å². The Bertz CT molecular complexity index is 1340. The van der Waals surface area contributed by atoms with Crippen molar-refractivity contribution < 1.29 is 9.53 Å². The van der Waals surface area contributed by atoms with Crippen LogP contribution in [0.1, 0.15) is 26.2 Å². The maximum absolute atomic E-state index is 12.9. The van der Waals surface area contributed by atoms with Crippen LogP contribution in [0.25, 0.3) is 20.6 Å². The Morgan fingerprint density at radius 1 is 1.19 bits per heavy atom. The molecule has 5 rings (SSSR count). The van der Waals surface area contributed by atoms with Crippen LogP contribution in [-0.4, -0.2) is 45.1 Å². The summed E-state index contributed by atoms with van der Waals surface area (Å²) in [5.74, 6) is 0.403. The van der Waals surface area contributed by atoms with Crippen LogP contribution in [0.5, 0.6) is 5.75 Å². The number of rotatable bonds is 6. The molecule has 0 bridgehead atoms. The molecule has 32 heavy (non-hydrogen) atoms. The number of aromatic nitrogens is 4. The van der Waals surface area contributed by atoms with Gasteiger partial charge in [0.15, 0.2) is 15.9 Å². The largest absolute Gasteiger partial charge is 0.494 e. The highest BCUT2D eigenvalue weighted by molar-refractivity contribution is 7.22. The van der Waals surface area contributed by atoms with Crippen LogP contribution in [0.15, 0.2) is 29.3 Å². The van der Waals surface area contributed by atoms with Gasteiger partial charge in [0.1, 0.15) is 23.3 Å². The van der Waals surface area contributed by atoms with Crippen LogP contribution in [0, 0.1) is 0 Å². The van der Waals surface area contributed by atoms with Crippen molar-refractivity contribution in [2.75, 3.05) is 29.9 Å². The lowest BCUT2D eigenvalue weighted by Crippen LogP contribution is -2.29. The molecule has 1 fully saturated rings. The first-order chi connectivity index (χ1) is 15.6. The summed E-state index contributed by atoms with van der Waals surface area (Å²) in [6.45, 7) is 4.26. The number of fused-ring (bicyclic) bond motifs is 2. The van der Waals surface area contributed by atoms with E-state index in [9.17, 15) is 9.59 Å². The number of nitrogens with zero attached hydrogens (tertiary/aromatic N) is 5. The third kappa shape index (κ3) is 4.17. The van der Waals surface area contributed by atoms with Crippen molar-refractivity contribution in [2.24, 2.45) is 0 Å². The molecule has 0 aliphatic carbocycles. The number of ether oxygens (including phenoxy) is 1. The van der Waals surface area contributed by atoms with Crippen LogP contribution < -0.4 is 20.5 Å². The van der Waals surface area contributed by atoms with Crippen molar-refractivity contribution >= 4 is 59.4 Å². The van der Waals surface area contributed by atoms with Crippen LogP contribution in [0.4, 0.5) is 10.3 Å². The van der Waals surface area contributed by atoms with Crippen LogP contribution >= 0.6 is 22.7 Å². The van der Waals surface area contributed by atoms with Gasteiger partial charge in [-0.1, -0.05) is 22.7 Å². The number of thiazole rings is 2. The Labute approximate surface area is 191 Å². The fourth-order valence-electron chi connectivity index (χ4n) is 3.70. The van der Waals surface area contributed by atoms with Crippen molar-refractivity contribution in [3.63, 3.8) is 0 Å². The van der Waals surface area contributed by atoms with E-state index < -0.39 is 0 Å². The second-order valence-electron chi connectivity index (χ2n) is 7.50. The van der Waals surface area contributed by atoms with Gasteiger partial charge in [-0.3, -0.25) is 14.2 Å². The number of carbonyl (C=O) groups excluding carboxylic acids is 1. The highest BCUT2D eigenvalue weighted by atomic mass is 32.1. The van der Waals surface area contributed by atoms with E-state index in [1.54, 1.807) is 0 Å². The number of amides is 1. The number of anilines is 2. The summed E-state index contributed by atoms with van der Waals surface area (Å²) < 4.78 is 8.23. The molecular formula is C21H22N6O3S2. The second-order valence-corrected chi connectivity index (χ2v) is 9.51. The molecule has 1 saturated heterocycles. The fraction of sp³-hybridized carbons (Fsp3) is 0.381. The Morgan fingerprint density at radius 2 is 2.03 bits per heavy atom. The molecule has 11 heteroatoms. The van der Waals surface area contributed by atoms with Gasteiger partial charge in [-0.15, -0.1) is 0 Å².